The van der Waals surface area contributed by atoms with E-state index in [1.54, 1.807) is 0 Å². The Kier molecular flexibility index (Phi) is 30.5. The average molecular weight is 711 g/mol. The molecule has 3 aromatic rings. The van der Waals surface area contributed by atoms with Gasteiger partial charge in [0.1, 0.15) is 5.82 Å². The number of hydrogen-bond acceptors (Lipinski definition) is 2. The lowest BCUT2D eigenvalue weighted by Crippen LogP contribution is -2.07. The monoisotopic (exact) mass is 710 g/mol. The van der Waals surface area contributed by atoms with Gasteiger partial charge in [-0.1, -0.05) is 206 Å². The van der Waals surface area contributed by atoms with Gasteiger partial charge in [0.25, 0.3) is 0 Å². The van der Waals surface area contributed by atoms with Crippen molar-refractivity contribution in [3.05, 3.63) is 60.3 Å². The van der Waals surface area contributed by atoms with Crippen LogP contribution in [0.4, 0.5) is 0 Å². The zero-order chi connectivity index (χ0) is 35.0. The summed E-state index contributed by atoms with van der Waals surface area (Å²) in [6, 6.07) is 12.1. The number of rotatable bonds is 30. The number of aromatic nitrogens is 3. The quantitative estimate of drug-likeness (QED) is 0.0645. The highest BCUT2D eigenvalue weighted by atomic mass is 35.5. The van der Waals surface area contributed by atoms with Gasteiger partial charge in [-0.3, -0.25) is 4.98 Å². The van der Waals surface area contributed by atoms with Crippen LogP contribution in [-0.4, -0.2) is 14.5 Å². The zero-order valence-electron chi connectivity index (χ0n) is 33.5. The maximum Gasteiger partial charge on any atom is 0.108 e. The van der Waals surface area contributed by atoms with Crippen LogP contribution in [-0.2, 0) is 13.5 Å². The molecular formula is C46H80ClN3. The normalized spacial score (nSPS) is 11.7. The van der Waals surface area contributed by atoms with Crippen molar-refractivity contribution in [3.8, 4) is 0 Å². The van der Waals surface area contributed by atoms with Crippen molar-refractivity contribution in [2.45, 2.75) is 213 Å². The molecule has 3 rings (SSSR count). The fourth-order valence-corrected chi connectivity index (χ4v) is 7.36. The lowest BCUT2D eigenvalue weighted by molar-refractivity contribution is 0.500. The Morgan fingerprint density at radius 2 is 0.960 bits per heavy atom. The van der Waals surface area contributed by atoms with E-state index in [4.69, 9.17) is 4.98 Å². The SMILES string of the molecule is CCCCCCCCCCCCCCCc1ncc(C(CC)CCCCCCCCCCCCCCC)n1C.Cl.c1ccc2ncccc2c1. The van der Waals surface area contributed by atoms with Gasteiger partial charge in [-0.15, -0.1) is 12.4 Å². The first-order valence-corrected chi connectivity index (χ1v) is 21.5. The molecule has 0 N–H and O–H groups in total. The van der Waals surface area contributed by atoms with E-state index in [1.807, 2.05) is 30.5 Å². The van der Waals surface area contributed by atoms with E-state index in [0.717, 1.165) is 11.9 Å². The molecule has 1 atom stereocenters. The first-order valence-electron chi connectivity index (χ1n) is 21.5. The number of benzene rings is 1. The van der Waals surface area contributed by atoms with E-state index in [-0.39, 0.29) is 12.4 Å². The van der Waals surface area contributed by atoms with Crippen LogP contribution in [0.1, 0.15) is 218 Å². The van der Waals surface area contributed by atoms with Crippen LogP contribution in [0, 0.1) is 0 Å². The first kappa shape index (κ1) is 46.2. The Balaban J connectivity index is 0.000000955. The highest BCUT2D eigenvalue weighted by Crippen LogP contribution is 2.27. The predicted octanol–water partition coefficient (Wildman–Crippen LogP) is 15.7. The number of unbranched alkanes of at least 4 members (excludes halogenated alkanes) is 24. The highest BCUT2D eigenvalue weighted by Gasteiger charge is 2.15. The van der Waals surface area contributed by atoms with Crippen molar-refractivity contribution in [3.63, 3.8) is 0 Å². The molecule has 0 bridgehead atoms. The minimum atomic E-state index is 0. The summed E-state index contributed by atoms with van der Waals surface area (Å²) in [6.45, 7) is 6.97. The Bertz CT molecular complexity index is 1080. The van der Waals surface area contributed by atoms with Crippen LogP contribution in [0.3, 0.4) is 0 Å². The van der Waals surface area contributed by atoms with Crippen LogP contribution in [0.25, 0.3) is 10.9 Å². The van der Waals surface area contributed by atoms with Gasteiger partial charge in [0.15, 0.2) is 0 Å². The Morgan fingerprint density at radius 3 is 1.44 bits per heavy atom. The minimum absolute atomic E-state index is 0. The molecule has 50 heavy (non-hydrogen) atoms. The summed E-state index contributed by atoms with van der Waals surface area (Å²) in [5.74, 6) is 2.01. The van der Waals surface area contributed by atoms with Crippen LogP contribution >= 0.6 is 12.4 Å². The number of hydrogen-bond donors (Lipinski definition) is 0. The fraction of sp³-hybridized carbons (Fsp3) is 0.739. The van der Waals surface area contributed by atoms with E-state index in [1.165, 1.54) is 197 Å². The van der Waals surface area contributed by atoms with E-state index in [9.17, 15) is 0 Å². The number of pyridine rings is 1. The molecule has 0 spiro atoms. The van der Waals surface area contributed by atoms with Crippen molar-refractivity contribution in [2.75, 3.05) is 0 Å². The van der Waals surface area contributed by atoms with Gasteiger partial charge in [0.2, 0.25) is 0 Å². The molecule has 4 heteroatoms. The lowest BCUT2D eigenvalue weighted by atomic mass is 9.95. The summed E-state index contributed by atoms with van der Waals surface area (Å²) in [5.41, 5.74) is 2.55. The first-order chi connectivity index (χ1) is 24.2. The molecule has 0 aliphatic rings. The Morgan fingerprint density at radius 1 is 0.520 bits per heavy atom. The molecule has 0 amide bonds. The number of nitrogens with zero attached hydrogens (tertiary/aromatic N) is 3. The van der Waals surface area contributed by atoms with Gasteiger partial charge in [0, 0.05) is 42.9 Å². The standard InChI is InChI=1S/C37H72N2.C9H7N.ClH/c1-5-8-10-12-14-16-18-20-22-24-26-28-30-32-35(7-3)36-34-38-37(39(36)4)33-31-29-27-25-23-21-19-17-15-13-11-9-6-2;1-2-6-9-8(4-1)5-3-7-10-9;/h34-35H,5-33H2,1-4H3;1-7H;1H. The zero-order valence-corrected chi connectivity index (χ0v) is 34.3. The van der Waals surface area contributed by atoms with Crippen LogP contribution in [0.2, 0.25) is 0 Å². The summed E-state index contributed by atoms with van der Waals surface area (Å²) in [6.07, 6.45) is 44.9. The van der Waals surface area contributed by atoms with Crippen molar-refractivity contribution < 1.29 is 0 Å². The molecule has 0 saturated heterocycles. The second kappa shape index (κ2) is 33.0. The summed E-state index contributed by atoms with van der Waals surface area (Å²) < 4.78 is 2.44. The predicted molar refractivity (Wildman–Crippen MR) is 225 cm³/mol. The average Bonchev–Trinajstić information content (AvgIpc) is 3.50. The third kappa shape index (κ3) is 22.1. The van der Waals surface area contributed by atoms with E-state index >= 15 is 0 Å². The Labute approximate surface area is 317 Å². The van der Waals surface area contributed by atoms with E-state index < -0.39 is 0 Å². The number of halogens is 1. The molecule has 286 valence electrons. The van der Waals surface area contributed by atoms with E-state index in [0.29, 0.717) is 5.92 Å². The van der Waals surface area contributed by atoms with E-state index in [2.05, 4.69) is 55.7 Å². The van der Waals surface area contributed by atoms with Gasteiger partial charge >= 0.3 is 0 Å². The van der Waals surface area contributed by atoms with Gasteiger partial charge in [-0.2, -0.15) is 0 Å². The maximum absolute atomic E-state index is 4.86. The maximum atomic E-state index is 4.86. The molecule has 2 heterocycles. The van der Waals surface area contributed by atoms with Crippen molar-refractivity contribution in [2.24, 2.45) is 7.05 Å². The molecule has 0 aliphatic carbocycles. The largest absolute Gasteiger partial charge is 0.335 e. The van der Waals surface area contributed by atoms with Crippen molar-refractivity contribution in [1.29, 1.82) is 0 Å². The van der Waals surface area contributed by atoms with Crippen LogP contribution < -0.4 is 0 Å². The molecule has 1 unspecified atom stereocenters. The molecule has 3 nitrogen and oxygen atoms in total. The smallest absolute Gasteiger partial charge is 0.108 e. The van der Waals surface area contributed by atoms with Gasteiger partial charge in [0.05, 0.1) is 5.52 Å². The fourth-order valence-electron chi connectivity index (χ4n) is 7.36. The number of imidazole rings is 1. The second-order valence-corrected chi connectivity index (χ2v) is 15.0. The third-order valence-corrected chi connectivity index (χ3v) is 10.7. The highest BCUT2D eigenvalue weighted by molar-refractivity contribution is 5.85. The molecule has 0 fully saturated rings. The molecule has 0 saturated carbocycles. The third-order valence-electron chi connectivity index (χ3n) is 10.7. The number of aryl methyl sites for hydroxylation is 1. The molecule has 0 radical (unpaired) electrons. The van der Waals surface area contributed by atoms with Gasteiger partial charge in [-0.25, -0.2) is 4.98 Å². The number of para-hydroxylation sites is 1. The molecule has 0 aliphatic heterocycles. The summed E-state index contributed by atoms with van der Waals surface area (Å²) in [7, 11) is 2.27. The van der Waals surface area contributed by atoms with Crippen LogP contribution in [0.15, 0.2) is 48.8 Å². The summed E-state index contributed by atoms with van der Waals surface area (Å²) >= 11 is 0. The lowest BCUT2D eigenvalue weighted by Gasteiger charge is -2.16. The molecule has 2 aromatic heterocycles. The van der Waals surface area contributed by atoms with Crippen molar-refractivity contribution >= 4 is 23.3 Å². The number of fused-ring (bicyclic) bond motifs is 1. The summed E-state index contributed by atoms with van der Waals surface area (Å²) in [5, 5.41) is 1.20. The van der Waals surface area contributed by atoms with Crippen LogP contribution in [0.5, 0.6) is 0 Å². The van der Waals surface area contributed by atoms with Gasteiger partial charge < -0.3 is 4.57 Å². The van der Waals surface area contributed by atoms with Gasteiger partial charge in [-0.05, 0) is 31.4 Å². The van der Waals surface area contributed by atoms with Crippen molar-refractivity contribution in [1.82, 2.24) is 14.5 Å². The molecular weight excluding hydrogens is 630 g/mol. The second-order valence-electron chi connectivity index (χ2n) is 15.0. The minimum Gasteiger partial charge on any atom is -0.335 e. The Hall–Kier alpha value is -1.87. The topological polar surface area (TPSA) is 30.7 Å². The summed E-state index contributed by atoms with van der Waals surface area (Å²) in [4.78, 5) is 9.04. The molecule has 1 aromatic carbocycles.